The number of furan rings is 1. The van der Waals surface area contributed by atoms with Crippen LogP contribution in [0.3, 0.4) is 0 Å². The van der Waals surface area contributed by atoms with Crippen LogP contribution in [0.25, 0.3) is 0 Å². The lowest BCUT2D eigenvalue weighted by Crippen LogP contribution is -2.42. The highest BCUT2D eigenvalue weighted by Crippen LogP contribution is 2.38. The molecule has 1 aromatic heterocycles. The molecule has 26 heavy (non-hydrogen) atoms. The zero-order chi connectivity index (χ0) is 19.1. The Morgan fingerprint density at radius 3 is 2.73 bits per heavy atom. The lowest BCUT2D eigenvalue weighted by atomic mass is 9.76. The summed E-state index contributed by atoms with van der Waals surface area (Å²) >= 11 is 0. The summed E-state index contributed by atoms with van der Waals surface area (Å²) in [6.45, 7) is 8.87. The van der Waals surface area contributed by atoms with Gasteiger partial charge in [-0.05, 0) is 32.1 Å². The molecule has 6 nitrogen and oxygen atoms in total. The summed E-state index contributed by atoms with van der Waals surface area (Å²) in [5.41, 5.74) is 1.05. The van der Waals surface area contributed by atoms with E-state index in [0.717, 1.165) is 12.8 Å². The van der Waals surface area contributed by atoms with E-state index in [0.29, 0.717) is 49.4 Å². The zero-order valence-corrected chi connectivity index (χ0v) is 16.0. The average molecular weight is 361 g/mol. The van der Waals surface area contributed by atoms with Gasteiger partial charge in [0.1, 0.15) is 5.76 Å². The average Bonchev–Trinajstić information content (AvgIpc) is 2.89. The Balaban J connectivity index is 1.83. The fourth-order valence-electron chi connectivity index (χ4n) is 4.04. The van der Waals surface area contributed by atoms with Gasteiger partial charge in [-0.2, -0.15) is 0 Å². The number of carbonyl (C=O) groups is 3. The number of fused-ring (bicyclic) bond motifs is 1. The van der Waals surface area contributed by atoms with Crippen LogP contribution in [-0.4, -0.2) is 42.3 Å². The van der Waals surface area contributed by atoms with E-state index in [-0.39, 0.29) is 34.8 Å². The quantitative estimate of drug-likeness (QED) is 0.773. The molecule has 142 valence electrons. The summed E-state index contributed by atoms with van der Waals surface area (Å²) in [5.74, 6) is 0.114. The first-order chi connectivity index (χ1) is 12.2. The third-order valence-corrected chi connectivity index (χ3v) is 5.30. The number of piperidine rings is 1. The van der Waals surface area contributed by atoms with Crippen LogP contribution in [0.1, 0.15) is 72.3 Å². The molecule has 0 radical (unpaired) electrons. The van der Waals surface area contributed by atoms with Crippen LogP contribution in [0.5, 0.6) is 0 Å². The molecule has 0 saturated carbocycles. The molecule has 1 fully saturated rings. The van der Waals surface area contributed by atoms with Gasteiger partial charge in [0.25, 0.3) is 5.91 Å². The van der Waals surface area contributed by atoms with Gasteiger partial charge >= 0.3 is 5.97 Å². The van der Waals surface area contributed by atoms with Crippen LogP contribution >= 0.6 is 0 Å². The van der Waals surface area contributed by atoms with E-state index in [1.165, 1.54) is 0 Å². The lowest BCUT2D eigenvalue weighted by Gasteiger charge is -2.31. The van der Waals surface area contributed by atoms with Crippen molar-refractivity contribution < 1.29 is 23.5 Å². The van der Waals surface area contributed by atoms with E-state index in [4.69, 9.17) is 9.15 Å². The predicted octanol–water partition coefficient (Wildman–Crippen LogP) is 3.16. The van der Waals surface area contributed by atoms with Crippen molar-refractivity contribution in [1.29, 1.82) is 0 Å². The molecular formula is C20H27NO5. The van der Waals surface area contributed by atoms with Crippen LogP contribution in [-0.2, 0) is 16.0 Å². The van der Waals surface area contributed by atoms with E-state index in [2.05, 4.69) is 0 Å². The first kappa shape index (κ1) is 18.7. The Morgan fingerprint density at radius 2 is 2.04 bits per heavy atom. The molecule has 2 heterocycles. The molecule has 0 spiro atoms. The maximum Gasteiger partial charge on any atom is 0.310 e. The van der Waals surface area contributed by atoms with Gasteiger partial charge in [-0.15, -0.1) is 0 Å². The minimum Gasteiger partial charge on any atom is -0.466 e. The Hall–Kier alpha value is -2.11. The van der Waals surface area contributed by atoms with Crippen molar-refractivity contribution in [2.24, 2.45) is 11.3 Å². The fraction of sp³-hybridized carbons (Fsp3) is 0.650. The van der Waals surface area contributed by atoms with Crippen molar-refractivity contribution in [3.63, 3.8) is 0 Å². The SMILES string of the molecule is CCOC(=O)C1CCCN(C(=O)c2oc3c(c2C)C(=O)CC(C)(C)C3)C1. The molecule has 0 N–H and O–H groups in total. The van der Waals surface area contributed by atoms with Crippen LogP contribution in [0.2, 0.25) is 0 Å². The van der Waals surface area contributed by atoms with Crippen molar-refractivity contribution in [3.05, 3.63) is 22.6 Å². The number of nitrogens with zero attached hydrogens (tertiary/aromatic N) is 1. The number of hydrogen-bond donors (Lipinski definition) is 0. The summed E-state index contributed by atoms with van der Waals surface area (Å²) < 4.78 is 11.0. The van der Waals surface area contributed by atoms with Crippen LogP contribution in [0.4, 0.5) is 0 Å². The van der Waals surface area contributed by atoms with Crippen LogP contribution in [0, 0.1) is 18.3 Å². The summed E-state index contributed by atoms with van der Waals surface area (Å²) in [7, 11) is 0. The summed E-state index contributed by atoms with van der Waals surface area (Å²) in [4.78, 5) is 39.2. The third-order valence-electron chi connectivity index (χ3n) is 5.30. The van der Waals surface area contributed by atoms with Gasteiger partial charge < -0.3 is 14.1 Å². The van der Waals surface area contributed by atoms with E-state index < -0.39 is 0 Å². The molecule has 6 heteroatoms. The number of esters is 1. The molecule has 1 amide bonds. The van der Waals surface area contributed by atoms with Crippen molar-refractivity contribution in [2.45, 2.75) is 53.4 Å². The number of hydrogen-bond acceptors (Lipinski definition) is 5. The Labute approximate surface area is 153 Å². The highest BCUT2D eigenvalue weighted by atomic mass is 16.5. The maximum absolute atomic E-state index is 13.0. The summed E-state index contributed by atoms with van der Waals surface area (Å²) in [5, 5.41) is 0. The van der Waals surface area contributed by atoms with Gasteiger partial charge in [0.15, 0.2) is 11.5 Å². The first-order valence-corrected chi connectivity index (χ1v) is 9.35. The molecular weight excluding hydrogens is 334 g/mol. The molecule has 1 unspecified atom stereocenters. The normalized spacial score (nSPS) is 22.1. The van der Waals surface area contributed by atoms with Crippen molar-refractivity contribution >= 4 is 17.7 Å². The predicted molar refractivity (Wildman–Crippen MR) is 95.1 cm³/mol. The van der Waals surface area contributed by atoms with Crippen LogP contribution < -0.4 is 0 Å². The Bertz CT molecular complexity index is 746. The molecule has 1 aromatic rings. The Morgan fingerprint density at radius 1 is 1.31 bits per heavy atom. The van der Waals surface area contributed by atoms with Crippen molar-refractivity contribution in [3.8, 4) is 0 Å². The van der Waals surface area contributed by atoms with Gasteiger partial charge in [0.2, 0.25) is 0 Å². The number of amides is 1. The van der Waals surface area contributed by atoms with E-state index in [1.807, 2.05) is 13.8 Å². The molecule has 1 aliphatic carbocycles. The minimum atomic E-state index is -0.293. The molecule has 0 aromatic carbocycles. The van der Waals surface area contributed by atoms with Gasteiger partial charge in [-0.1, -0.05) is 13.8 Å². The number of ether oxygens (including phenoxy) is 1. The van der Waals surface area contributed by atoms with Gasteiger partial charge in [-0.3, -0.25) is 14.4 Å². The standard InChI is InChI=1S/C20H27NO5/c1-5-25-19(24)13-7-6-8-21(11-13)18(23)17-12(2)16-14(22)9-20(3,4)10-15(16)26-17/h13H,5-11H2,1-4H3. The van der Waals surface area contributed by atoms with Crippen molar-refractivity contribution in [1.82, 2.24) is 4.90 Å². The lowest BCUT2D eigenvalue weighted by molar-refractivity contribution is -0.149. The largest absolute Gasteiger partial charge is 0.466 e. The van der Waals surface area contributed by atoms with E-state index >= 15 is 0 Å². The van der Waals surface area contributed by atoms with Crippen LogP contribution in [0.15, 0.2) is 4.42 Å². The molecule has 2 aliphatic rings. The zero-order valence-electron chi connectivity index (χ0n) is 16.0. The smallest absolute Gasteiger partial charge is 0.310 e. The fourth-order valence-corrected chi connectivity index (χ4v) is 4.04. The van der Waals surface area contributed by atoms with Gasteiger partial charge in [-0.25, -0.2) is 0 Å². The second kappa shape index (κ2) is 6.89. The van der Waals surface area contributed by atoms with Gasteiger partial charge in [0, 0.05) is 31.5 Å². The summed E-state index contributed by atoms with van der Waals surface area (Å²) in [6, 6.07) is 0. The monoisotopic (exact) mass is 361 g/mol. The highest BCUT2D eigenvalue weighted by Gasteiger charge is 2.38. The van der Waals surface area contributed by atoms with Crippen molar-refractivity contribution in [2.75, 3.05) is 19.7 Å². The van der Waals surface area contributed by atoms with Gasteiger partial charge in [0.05, 0.1) is 18.1 Å². The molecule has 0 bridgehead atoms. The van der Waals surface area contributed by atoms with E-state index in [1.54, 1.807) is 18.7 Å². The number of ketones is 1. The number of rotatable bonds is 3. The van der Waals surface area contributed by atoms with E-state index in [9.17, 15) is 14.4 Å². The first-order valence-electron chi connectivity index (χ1n) is 9.35. The maximum atomic E-state index is 13.0. The second-order valence-electron chi connectivity index (χ2n) is 8.14. The number of Topliss-reactive ketones (excluding diaryl/α,β-unsaturated/α-hetero) is 1. The highest BCUT2D eigenvalue weighted by molar-refractivity contribution is 6.03. The second-order valence-corrected chi connectivity index (χ2v) is 8.14. The molecule has 1 aliphatic heterocycles. The molecule has 3 rings (SSSR count). The molecule has 1 atom stereocenters. The number of carbonyl (C=O) groups excluding carboxylic acids is 3. The Kier molecular flexibility index (Phi) is 4.95. The topological polar surface area (TPSA) is 76.8 Å². The summed E-state index contributed by atoms with van der Waals surface area (Å²) in [6.07, 6.45) is 2.58. The third kappa shape index (κ3) is 3.41. The number of likely N-dealkylation sites (tertiary alicyclic amines) is 1. The molecule has 1 saturated heterocycles. The minimum absolute atomic E-state index is 0.0413.